The summed E-state index contributed by atoms with van der Waals surface area (Å²) < 4.78 is 16.9. The van der Waals surface area contributed by atoms with Gasteiger partial charge < -0.3 is 14.2 Å². The maximum Gasteiger partial charge on any atom is 0.312 e. The fourth-order valence-corrected chi connectivity index (χ4v) is 4.32. The SMILES string of the molecule is COc1ccccc1/C=C1\Oc2c(ccc3c2[C@H](c2ccccc2Cl)CC(=O)O3)C1=O. The molecule has 3 aromatic carbocycles. The van der Waals surface area contributed by atoms with Gasteiger partial charge in [0.15, 0.2) is 5.76 Å². The summed E-state index contributed by atoms with van der Waals surface area (Å²) in [4.78, 5) is 25.4. The van der Waals surface area contributed by atoms with E-state index < -0.39 is 0 Å². The molecule has 1 atom stereocenters. The first-order valence-electron chi connectivity index (χ1n) is 9.76. The molecule has 0 aromatic heterocycles. The Hall–Kier alpha value is -3.57. The van der Waals surface area contributed by atoms with Crippen LogP contribution in [0, 0.1) is 0 Å². The topological polar surface area (TPSA) is 61.8 Å². The Kier molecular flexibility index (Phi) is 4.75. The standard InChI is InChI=1S/C25H17ClO5/c1-29-19-9-5-2-6-14(19)12-21-24(28)16-10-11-20-23(25(16)31-21)17(13-22(27)30-20)15-7-3-4-8-18(15)26/h2-12,17H,13H2,1H3/b21-12-/t17-/m0/s1. The number of hydrogen-bond donors (Lipinski definition) is 0. The van der Waals surface area contributed by atoms with Gasteiger partial charge in [-0.3, -0.25) is 9.59 Å². The predicted octanol–water partition coefficient (Wildman–Crippen LogP) is 5.41. The number of methoxy groups -OCH3 is 1. The summed E-state index contributed by atoms with van der Waals surface area (Å²) in [6.07, 6.45) is 1.77. The first-order chi connectivity index (χ1) is 15.1. The zero-order chi connectivity index (χ0) is 21.5. The average Bonchev–Trinajstić information content (AvgIpc) is 3.09. The fraction of sp³-hybridized carbons (Fsp3) is 0.120. The Labute approximate surface area is 183 Å². The van der Waals surface area contributed by atoms with E-state index in [2.05, 4.69) is 0 Å². The van der Waals surface area contributed by atoms with E-state index in [1.807, 2.05) is 42.5 Å². The van der Waals surface area contributed by atoms with Crippen LogP contribution in [0.15, 0.2) is 66.4 Å². The van der Waals surface area contributed by atoms with Crippen LogP contribution in [-0.4, -0.2) is 18.9 Å². The molecule has 6 heteroatoms. The summed E-state index contributed by atoms with van der Waals surface area (Å²) >= 11 is 6.44. The summed E-state index contributed by atoms with van der Waals surface area (Å²) in [6.45, 7) is 0. The van der Waals surface area contributed by atoms with Gasteiger partial charge in [-0.15, -0.1) is 0 Å². The number of rotatable bonds is 3. The molecule has 0 amide bonds. The number of halogens is 1. The van der Waals surface area contributed by atoms with Crippen molar-refractivity contribution in [3.8, 4) is 17.2 Å². The minimum Gasteiger partial charge on any atom is -0.496 e. The molecule has 3 aromatic rings. The molecular weight excluding hydrogens is 416 g/mol. The van der Waals surface area contributed by atoms with Crippen LogP contribution in [0.25, 0.3) is 6.08 Å². The van der Waals surface area contributed by atoms with Gasteiger partial charge in [0, 0.05) is 22.1 Å². The van der Waals surface area contributed by atoms with E-state index in [0.29, 0.717) is 33.4 Å². The molecule has 2 aliphatic heterocycles. The van der Waals surface area contributed by atoms with Crippen molar-refractivity contribution in [1.29, 1.82) is 0 Å². The molecule has 0 saturated heterocycles. The molecule has 0 fully saturated rings. The molecule has 31 heavy (non-hydrogen) atoms. The summed E-state index contributed by atoms with van der Waals surface area (Å²) in [5, 5.41) is 0.542. The molecule has 5 rings (SSSR count). The Morgan fingerprint density at radius 3 is 2.58 bits per heavy atom. The van der Waals surface area contributed by atoms with Gasteiger partial charge in [0.2, 0.25) is 5.78 Å². The lowest BCUT2D eigenvalue weighted by atomic mass is 9.84. The highest BCUT2D eigenvalue weighted by atomic mass is 35.5. The normalized spacial score (nSPS) is 18.3. The number of Topliss-reactive ketones (excluding diaryl/α,β-unsaturated/α-hetero) is 1. The number of benzene rings is 3. The molecule has 0 spiro atoms. The van der Waals surface area contributed by atoms with Crippen LogP contribution in [0.4, 0.5) is 0 Å². The average molecular weight is 433 g/mol. The third-order valence-corrected chi connectivity index (χ3v) is 5.83. The molecule has 154 valence electrons. The van der Waals surface area contributed by atoms with Crippen molar-refractivity contribution in [3.63, 3.8) is 0 Å². The van der Waals surface area contributed by atoms with E-state index in [0.717, 1.165) is 11.1 Å². The van der Waals surface area contributed by atoms with Crippen molar-refractivity contribution in [3.05, 3.63) is 93.7 Å². The molecule has 2 aliphatic rings. The van der Waals surface area contributed by atoms with E-state index in [4.69, 9.17) is 25.8 Å². The second-order valence-electron chi connectivity index (χ2n) is 7.29. The Bertz CT molecular complexity index is 1260. The molecule has 5 nitrogen and oxygen atoms in total. The smallest absolute Gasteiger partial charge is 0.312 e. The number of esters is 1. The zero-order valence-corrected chi connectivity index (χ0v) is 17.3. The van der Waals surface area contributed by atoms with Gasteiger partial charge in [-0.2, -0.15) is 0 Å². The van der Waals surface area contributed by atoms with Crippen LogP contribution in [0.5, 0.6) is 17.2 Å². The van der Waals surface area contributed by atoms with Gasteiger partial charge in [0.05, 0.1) is 19.1 Å². The van der Waals surface area contributed by atoms with Crippen molar-refractivity contribution >= 4 is 29.4 Å². The lowest BCUT2D eigenvalue weighted by molar-refractivity contribution is -0.135. The minimum atomic E-state index is -0.377. The monoisotopic (exact) mass is 432 g/mol. The van der Waals surface area contributed by atoms with Crippen LogP contribution in [0.1, 0.15) is 39.4 Å². The van der Waals surface area contributed by atoms with E-state index in [9.17, 15) is 9.59 Å². The zero-order valence-electron chi connectivity index (χ0n) is 16.6. The fourth-order valence-electron chi connectivity index (χ4n) is 4.06. The summed E-state index contributed by atoms with van der Waals surface area (Å²) in [6, 6.07) is 18.0. The molecule has 0 aliphatic carbocycles. The minimum absolute atomic E-state index is 0.107. The maximum atomic E-state index is 13.1. The number of carbonyl (C=O) groups is 2. The molecule has 0 radical (unpaired) electrons. The van der Waals surface area contributed by atoms with Crippen molar-refractivity contribution in [2.45, 2.75) is 12.3 Å². The number of ether oxygens (including phenoxy) is 3. The van der Waals surface area contributed by atoms with Crippen LogP contribution in [0.2, 0.25) is 5.02 Å². The van der Waals surface area contributed by atoms with E-state index in [-0.39, 0.29) is 29.9 Å². The second-order valence-corrected chi connectivity index (χ2v) is 7.70. The van der Waals surface area contributed by atoms with Crippen LogP contribution in [0.3, 0.4) is 0 Å². The number of hydrogen-bond acceptors (Lipinski definition) is 5. The summed E-state index contributed by atoms with van der Waals surface area (Å²) in [5.41, 5.74) is 2.59. The van der Waals surface area contributed by atoms with Crippen molar-refractivity contribution in [2.75, 3.05) is 7.11 Å². The molecule has 0 unspecified atom stereocenters. The molecular formula is C25H17ClO5. The highest BCUT2D eigenvalue weighted by Gasteiger charge is 2.39. The van der Waals surface area contributed by atoms with Crippen molar-refractivity contribution in [1.82, 2.24) is 0 Å². The molecule has 0 saturated carbocycles. The second kappa shape index (κ2) is 7.60. The number of para-hydroxylation sites is 1. The quantitative estimate of drug-likeness (QED) is 0.315. The Balaban J connectivity index is 1.64. The van der Waals surface area contributed by atoms with Crippen LogP contribution >= 0.6 is 11.6 Å². The van der Waals surface area contributed by atoms with Gasteiger partial charge in [0.1, 0.15) is 17.2 Å². The van der Waals surface area contributed by atoms with Gasteiger partial charge in [0.25, 0.3) is 0 Å². The van der Waals surface area contributed by atoms with Crippen LogP contribution in [-0.2, 0) is 4.79 Å². The summed E-state index contributed by atoms with van der Waals surface area (Å²) in [5.74, 6) is 0.630. The van der Waals surface area contributed by atoms with Gasteiger partial charge in [-0.05, 0) is 35.9 Å². The molecule has 0 bridgehead atoms. The Morgan fingerprint density at radius 1 is 1.00 bits per heavy atom. The van der Waals surface area contributed by atoms with E-state index in [1.165, 1.54) is 0 Å². The number of fused-ring (bicyclic) bond motifs is 3. The molecule has 2 heterocycles. The van der Waals surface area contributed by atoms with Crippen molar-refractivity contribution in [2.24, 2.45) is 0 Å². The predicted molar refractivity (Wildman–Crippen MR) is 116 cm³/mol. The largest absolute Gasteiger partial charge is 0.496 e. The first kappa shape index (κ1) is 19.4. The van der Waals surface area contributed by atoms with Gasteiger partial charge in [-0.25, -0.2) is 0 Å². The van der Waals surface area contributed by atoms with E-state index >= 15 is 0 Å². The lowest BCUT2D eigenvalue weighted by Gasteiger charge is -2.26. The first-order valence-corrected chi connectivity index (χ1v) is 10.1. The van der Waals surface area contributed by atoms with Crippen molar-refractivity contribution < 1.29 is 23.8 Å². The lowest BCUT2D eigenvalue weighted by Crippen LogP contribution is -2.21. The summed E-state index contributed by atoms with van der Waals surface area (Å²) in [7, 11) is 1.57. The number of ketones is 1. The third kappa shape index (κ3) is 3.27. The maximum absolute atomic E-state index is 13.1. The van der Waals surface area contributed by atoms with Gasteiger partial charge >= 0.3 is 5.97 Å². The number of carbonyl (C=O) groups excluding carboxylic acids is 2. The molecule has 0 N–H and O–H groups in total. The highest BCUT2D eigenvalue weighted by Crippen LogP contribution is 2.50. The van der Waals surface area contributed by atoms with E-state index in [1.54, 1.807) is 31.4 Å². The van der Waals surface area contributed by atoms with Gasteiger partial charge in [-0.1, -0.05) is 48.0 Å². The third-order valence-electron chi connectivity index (χ3n) is 5.49. The number of allylic oxidation sites excluding steroid dienone is 1. The Morgan fingerprint density at radius 2 is 1.77 bits per heavy atom. The van der Waals surface area contributed by atoms with Crippen LogP contribution < -0.4 is 14.2 Å². The highest BCUT2D eigenvalue weighted by molar-refractivity contribution is 6.31.